The van der Waals surface area contributed by atoms with Gasteiger partial charge in [0.15, 0.2) is 0 Å². The lowest BCUT2D eigenvalue weighted by Gasteiger charge is -1.99. The highest BCUT2D eigenvalue weighted by Gasteiger charge is 2.29. The first-order valence-corrected chi connectivity index (χ1v) is 4.69. The lowest BCUT2D eigenvalue weighted by Crippen LogP contribution is -1.99. The van der Waals surface area contributed by atoms with Gasteiger partial charge in [-0.05, 0) is 24.1 Å². The molecule has 1 heterocycles. The monoisotopic (exact) mass is 220 g/mol. The minimum atomic E-state index is -0.904. The second kappa shape index (κ2) is 3.77. The lowest BCUT2D eigenvalue weighted by atomic mass is 10.0. The highest BCUT2D eigenvalue weighted by atomic mass is 16.6. The molecule has 1 aliphatic rings. The van der Waals surface area contributed by atoms with Crippen LogP contribution in [0.25, 0.3) is 0 Å². The number of cyclic esters (lactones) is 2. The number of carboxylic acid groups (broad SMARTS) is 1. The van der Waals surface area contributed by atoms with Crippen LogP contribution < -0.4 is 0 Å². The van der Waals surface area contributed by atoms with Crippen molar-refractivity contribution in [3.8, 4) is 0 Å². The van der Waals surface area contributed by atoms with Crippen LogP contribution >= 0.6 is 0 Å². The number of esters is 2. The topological polar surface area (TPSA) is 80.7 Å². The molecule has 0 amide bonds. The largest absolute Gasteiger partial charge is 0.481 e. The molecule has 1 aliphatic heterocycles. The Morgan fingerprint density at radius 3 is 2.56 bits per heavy atom. The Morgan fingerprint density at radius 1 is 1.19 bits per heavy atom. The number of aryl methyl sites for hydroxylation is 1. The Morgan fingerprint density at radius 2 is 1.88 bits per heavy atom. The minimum absolute atomic E-state index is 0.0121. The van der Waals surface area contributed by atoms with E-state index in [1.54, 1.807) is 6.07 Å². The van der Waals surface area contributed by atoms with Gasteiger partial charge >= 0.3 is 17.9 Å². The Balaban J connectivity index is 2.26. The van der Waals surface area contributed by atoms with Crippen molar-refractivity contribution in [1.82, 2.24) is 0 Å². The zero-order valence-corrected chi connectivity index (χ0v) is 8.23. The van der Waals surface area contributed by atoms with E-state index < -0.39 is 17.9 Å². The van der Waals surface area contributed by atoms with Gasteiger partial charge in [-0.3, -0.25) is 4.79 Å². The number of fused-ring (bicyclic) bond motifs is 1. The number of hydrogen-bond acceptors (Lipinski definition) is 4. The fourth-order valence-corrected chi connectivity index (χ4v) is 1.54. The molecule has 1 aromatic rings. The van der Waals surface area contributed by atoms with Gasteiger partial charge in [-0.15, -0.1) is 0 Å². The first kappa shape index (κ1) is 10.4. The summed E-state index contributed by atoms with van der Waals surface area (Å²) in [5.41, 5.74) is 1.16. The van der Waals surface area contributed by atoms with Gasteiger partial charge < -0.3 is 9.84 Å². The molecule has 0 aliphatic carbocycles. The third-order valence-corrected chi connectivity index (χ3v) is 2.34. The van der Waals surface area contributed by atoms with Crippen LogP contribution in [0.15, 0.2) is 18.2 Å². The number of hydrogen-bond donors (Lipinski definition) is 1. The Labute approximate surface area is 90.6 Å². The average Bonchev–Trinajstić information content (AvgIpc) is 2.52. The Kier molecular flexibility index (Phi) is 2.44. The van der Waals surface area contributed by atoms with Crippen LogP contribution in [0.2, 0.25) is 0 Å². The highest BCUT2D eigenvalue weighted by molar-refractivity contribution is 6.14. The van der Waals surface area contributed by atoms with Crippen LogP contribution in [0, 0.1) is 0 Å². The summed E-state index contributed by atoms with van der Waals surface area (Å²) in [6.45, 7) is 0. The highest BCUT2D eigenvalue weighted by Crippen LogP contribution is 2.21. The van der Waals surface area contributed by atoms with Crippen LogP contribution in [0.4, 0.5) is 0 Å². The van der Waals surface area contributed by atoms with E-state index in [1.165, 1.54) is 12.1 Å². The molecule has 0 radical (unpaired) electrons. The van der Waals surface area contributed by atoms with Gasteiger partial charge in [0.1, 0.15) is 0 Å². The van der Waals surface area contributed by atoms with E-state index in [-0.39, 0.29) is 17.5 Å². The molecule has 0 fully saturated rings. The van der Waals surface area contributed by atoms with Crippen LogP contribution in [-0.4, -0.2) is 23.0 Å². The quantitative estimate of drug-likeness (QED) is 0.607. The predicted octanol–water partition coefficient (Wildman–Crippen LogP) is 1.01. The zero-order chi connectivity index (χ0) is 11.7. The molecule has 2 rings (SSSR count). The maximum absolute atomic E-state index is 11.2. The Bertz CT molecular complexity index is 489. The fourth-order valence-electron chi connectivity index (χ4n) is 1.54. The van der Waals surface area contributed by atoms with E-state index in [1.807, 2.05) is 0 Å². The smallest absolute Gasteiger partial charge is 0.346 e. The van der Waals surface area contributed by atoms with Crippen molar-refractivity contribution < 1.29 is 24.2 Å². The molecule has 82 valence electrons. The molecule has 0 spiro atoms. The number of carboxylic acids is 1. The number of ether oxygens (including phenoxy) is 1. The third-order valence-electron chi connectivity index (χ3n) is 2.34. The minimum Gasteiger partial charge on any atom is -0.481 e. The molecule has 1 N–H and O–H groups in total. The van der Waals surface area contributed by atoms with Crippen LogP contribution in [-0.2, 0) is 16.0 Å². The molecular weight excluding hydrogens is 212 g/mol. The van der Waals surface area contributed by atoms with E-state index in [2.05, 4.69) is 4.74 Å². The maximum atomic E-state index is 11.2. The van der Waals surface area contributed by atoms with E-state index in [9.17, 15) is 14.4 Å². The summed E-state index contributed by atoms with van der Waals surface area (Å²) in [7, 11) is 0. The van der Waals surface area contributed by atoms with E-state index in [0.717, 1.165) is 0 Å². The molecule has 0 saturated carbocycles. The van der Waals surface area contributed by atoms with Crippen molar-refractivity contribution in [3.63, 3.8) is 0 Å². The number of benzene rings is 1. The van der Waals surface area contributed by atoms with Crippen molar-refractivity contribution in [1.29, 1.82) is 0 Å². The normalized spacial score (nSPS) is 13.5. The van der Waals surface area contributed by atoms with Gasteiger partial charge in [0, 0.05) is 6.42 Å². The van der Waals surface area contributed by atoms with Gasteiger partial charge in [-0.1, -0.05) is 6.07 Å². The second-order valence-electron chi connectivity index (χ2n) is 3.45. The van der Waals surface area contributed by atoms with E-state index in [0.29, 0.717) is 12.0 Å². The molecule has 5 nitrogen and oxygen atoms in total. The SMILES string of the molecule is O=C(O)CCc1ccc2c(c1)C(=O)OC2=O. The van der Waals surface area contributed by atoms with Crippen LogP contribution in [0.5, 0.6) is 0 Å². The summed E-state index contributed by atoms with van der Waals surface area (Å²) in [6, 6.07) is 4.62. The summed E-state index contributed by atoms with van der Waals surface area (Å²) in [5.74, 6) is -2.22. The number of carbonyl (C=O) groups is 3. The molecule has 16 heavy (non-hydrogen) atoms. The predicted molar refractivity (Wildman–Crippen MR) is 52.1 cm³/mol. The molecule has 0 unspecified atom stereocenters. The molecule has 0 saturated heterocycles. The summed E-state index contributed by atoms with van der Waals surface area (Å²) < 4.78 is 4.42. The molecule has 1 aromatic carbocycles. The van der Waals surface area contributed by atoms with Crippen molar-refractivity contribution in [3.05, 3.63) is 34.9 Å². The van der Waals surface area contributed by atoms with Crippen LogP contribution in [0.3, 0.4) is 0 Å². The third kappa shape index (κ3) is 1.79. The van der Waals surface area contributed by atoms with Crippen molar-refractivity contribution in [2.45, 2.75) is 12.8 Å². The summed E-state index contributed by atoms with van der Waals surface area (Å²) in [5, 5.41) is 8.52. The van der Waals surface area contributed by atoms with E-state index >= 15 is 0 Å². The van der Waals surface area contributed by atoms with Crippen molar-refractivity contribution in [2.75, 3.05) is 0 Å². The first-order chi connectivity index (χ1) is 7.58. The molecule has 5 heteroatoms. The maximum Gasteiger partial charge on any atom is 0.346 e. The lowest BCUT2D eigenvalue weighted by molar-refractivity contribution is -0.136. The zero-order valence-electron chi connectivity index (χ0n) is 8.23. The molecule has 0 aromatic heterocycles. The first-order valence-electron chi connectivity index (χ1n) is 4.69. The van der Waals surface area contributed by atoms with Crippen molar-refractivity contribution in [2.24, 2.45) is 0 Å². The molecular formula is C11H8O5. The Hall–Kier alpha value is -2.17. The number of carbonyl (C=O) groups excluding carboxylic acids is 2. The second-order valence-corrected chi connectivity index (χ2v) is 3.45. The molecule has 0 atom stereocenters. The average molecular weight is 220 g/mol. The van der Waals surface area contributed by atoms with Crippen molar-refractivity contribution >= 4 is 17.9 Å². The summed E-state index contributed by atoms with van der Waals surface area (Å²) >= 11 is 0. The van der Waals surface area contributed by atoms with Gasteiger partial charge in [0.05, 0.1) is 11.1 Å². The van der Waals surface area contributed by atoms with Gasteiger partial charge in [0.2, 0.25) is 0 Å². The summed E-state index contributed by atoms with van der Waals surface area (Å²) in [6.07, 6.45) is 0.311. The molecule has 0 bridgehead atoms. The standard InChI is InChI=1S/C11H8O5/c12-9(13)4-2-6-1-3-7-8(5-6)11(15)16-10(7)14/h1,3,5H,2,4H2,(H,12,13). The van der Waals surface area contributed by atoms with Gasteiger partial charge in [0.25, 0.3) is 0 Å². The van der Waals surface area contributed by atoms with Gasteiger partial charge in [-0.2, -0.15) is 0 Å². The summed E-state index contributed by atoms with van der Waals surface area (Å²) in [4.78, 5) is 32.7. The van der Waals surface area contributed by atoms with Gasteiger partial charge in [-0.25, -0.2) is 9.59 Å². The van der Waals surface area contributed by atoms with E-state index in [4.69, 9.17) is 5.11 Å². The number of rotatable bonds is 3. The number of aliphatic carboxylic acids is 1. The van der Waals surface area contributed by atoms with Crippen LogP contribution in [0.1, 0.15) is 32.7 Å². The fraction of sp³-hybridized carbons (Fsp3) is 0.182.